The van der Waals surface area contributed by atoms with Crippen LogP contribution in [-0.4, -0.2) is 25.2 Å². The Kier molecular flexibility index (Phi) is 6.64. The number of benzene rings is 1. The molecule has 0 unspecified atom stereocenters. The van der Waals surface area contributed by atoms with E-state index in [0.717, 1.165) is 37.2 Å². The molecular formula is C15H23N3O. The fourth-order valence-electron chi connectivity index (χ4n) is 2.06. The van der Waals surface area contributed by atoms with Crippen LogP contribution in [0.25, 0.3) is 0 Å². The summed E-state index contributed by atoms with van der Waals surface area (Å²) in [5.74, 6) is 0. The van der Waals surface area contributed by atoms with Crippen molar-refractivity contribution >= 4 is 17.8 Å². The summed E-state index contributed by atoms with van der Waals surface area (Å²) in [5, 5.41) is 4.10. The lowest BCUT2D eigenvalue weighted by molar-refractivity contribution is -0.109. The summed E-state index contributed by atoms with van der Waals surface area (Å²) in [6.45, 7) is 8.39. The number of hydrogen-bond acceptors (Lipinski definition) is 3. The number of hydrogen-bond donors (Lipinski definition) is 1. The van der Waals surface area contributed by atoms with Gasteiger partial charge in [-0.25, -0.2) is 5.43 Å². The number of carbonyl (C=O) groups excluding carboxylic acids is 1. The second-order valence-corrected chi connectivity index (χ2v) is 4.27. The van der Waals surface area contributed by atoms with Crippen molar-refractivity contribution in [3.05, 3.63) is 29.8 Å². The minimum absolute atomic E-state index is 0.597. The van der Waals surface area contributed by atoms with Gasteiger partial charge in [0.25, 0.3) is 0 Å². The molecule has 0 fully saturated rings. The average molecular weight is 261 g/mol. The molecule has 0 aliphatic carbocycles. The molecule has 0 bridgehead atoms. The molecule has 19 heavy (non-hydrogen) atoms. The van der Waals surface area contributed by atoms with Gasteiger partial charge in [0.05, 0.1) is 5.71 Å². The summed E-state index contributed by atoms with van der Waals surface area (Å²) in [5.41, 5.74) is 5.58. The monoisotopic (exact) mass is 261 g/mol. The third-order valence-electron chi connectivity index (χ3n) is 3.07. The van der Waals surface area contributed by atoms with Crippen LogP contribution in [0.15, 0.2) is 29.4 Å². The van der Waals surface area contributed by atoms with Crippen LogP contribution < -0.4 is 10.3 Å². The van der Waals surface area contributed by atoms with Crippen LogP contribution in [0.3, 0.4) is 0 Å². The van der Waals surface area contributed by atoms with Crippen molar-refractivity contribution in [2.75, 3.05) is 18.0 Å². The van der Waals surface area contributed by atoms with Crippen molar-refractivity contribution in [3.63, 3.8) is 0 Å². The van der Waals surface area contributed by atoms with Crippen LogP contribution in [0.5, 0.6) is 0 Å². The minimum Gasteiger partial charge on any atom is -0.372 e. The number of nitrogens with one attached hydrogen (secondary N) is 1. The van der Waals surface area contributed by atoms with E-state index < -0.39 is 0 Å². The van der Waals surface area contributed by atoms with Gasteiger partial charge in [0, 0.05) is 18.8 Å². The SMILES string of the molecule is CCC/C(=N\NC=O)c1ccc(N(CC)CC)cc1. The van der Waals surface area contributed by atoms with Crippen molar-refractivity contribution in [2.24, 2.45) is 5.10 Å². The molecule has 0 aliphatic rings. The summed E-state index contributed by atoms with van der Waals surface area (Å²) in [6.07, 6.45) is 2.45. The molecule has 0 heterocycles. The molecule has 0 radical (unpaired) electrons. The molecule has 0 aliphatic heterocycles. The topological polar surface area (TPSA) is 44.7 Å². The maximum atomic E-state index is 10.3. The smallest absolute Gasteiger partial charge is 0.227 e. The van der Waals surface area contributed by atoms with Gasteiger partial charge in [-0.2, -0.15) is 5.10 Å². The molecule has 1 aromatic carbocycles. The molecule has 0 saturated heterocycles. The first kappa shape index (κ1) is 15.2. The minimum atomic E-state index is 0.597. The normalized spacial score (nSPS) is 11.2. The quantitative estimate of drug-likeness (QED) is 0.444. The Morgan fingerprint density at radius 2 is 1.84 bits per heavy atom. The maximum Gasteiger partial charge on any atom is 0.227 e. The summed E-state index contributed by atoms with van der Waals surface area (Å²) < 4.78 is 0. The van der Waals surface area contributed by atoms with E-state index >= 15 is 0 Å². The van der Waals surface area contributed by atoms with Crippen LogP contribution >= 0.6 is 0 Å². The van der Waals surface area contributed by atoms with E-state index in [1.807, 2.05) is 0 Å². The lowest BCUT2D eigenvalue weighted by atomic mass is 10.1. The Balaban J connectivity index is 2.91. The maximum absolute atomic E-state index is 10.3. The van der Waals surface area contributed by atoms with Gasteiger partial charge in [-0.3, -0.25) is 4.79 Å². The zero-order valence-electron chi connectivity index (χ0n) is 12.0. The largest absolute Gasteiger partial charge is 0.372 e. The summed E-state index contributed by atoms with van der Waals surface area (Å²) in [4.78, 5) is 12.6. The Morgan fingerprint density at radius 1 is 1.21 bits per heavy atom. The third-order valence-corrected chi connectivity index (χ3v) is 3.07. The highest BCUT2D eigenvalue weighted by molar-refractivity contribution is 6.00. The van der Waals surface area contributed by atoms with Crippen LogP contribution in [0.4, 0.5) is 5.69 Å². The standard InChI is InChI=1S/C15H23N3O/c1-4-7-15(17-16-12-19)13-8-10-14(11-9-13)18(5-2)6-3/h8-12H,4-7H2,1-3H3,(H,16,19)/b17-15+. The number of hydrazone groups is 1. The first-order valence-corrected chi connectivity index (χ1v) is 6.87. The Hall–Kier alpha value is -1.84. The van der Waals surface area contributed by atoms with Gasteiger partial charge in [-0.05, 0) is 38.0 Å². The molecule has 1 N–H and O–H groups in total. The number of amides is 1. The summed E-state index contributed by atoms with van der Waals surface area (Å²) >= 11 is 0. The zero-order valence-corrected chi connectivity index (χ0v) is 12.0. The van der Waals surface area contributed by atoms with Crippen LogP contribution in [0.1, 0.15) is 39.2 Å². The van der Waals surface area contributed by atoms with Crippen molar-refractivity contribution < 1.29 is 4.79 Å². The van der Waals surface area contributed by atoms with Crippen molar-refractivity contribution in [1.29, 1.82) is 0 Å². The zero-order chi connectivity index (χ0) is 14.1. The second-order valence-electron chi connectivity index (χ2n) is 4.27. The average Bonchev–Trinajstić information content (AvgIpc) is 2.45. The number of rotatable bonds is 8. The second kappa shape index (κ2) is 8.29. The molecule has 0 atom stereocenters. The number of anilines is 1. The molecule has 0 spiro atoms. The van der Waals surface area contributed by atoms with Gasteiger partial charge in [-0.1, -0.05) is 25.5 Å². The highest BCUT2D eigenvalue weighted by Crippen LogP contribution is 2.16. The van der Waals surface area contributed by atoms with E-state index in [-0.39, 0.29) is 0 Å². The molecule has 4 nitrogen and oxygen atoms in total. The molecule has 1 aromatic rings. The van der Waals surface area contributed by atoms with E-state index in [1.165, 1.54) is 5.69 Å². The molecule has 0 saturated carbocycles. The highest BCUT2D eigenvalue weighted by Gasteiger charge is 2.05. The predicted molar refractivity (Wildman–Crippen MR) is 80.6 cm³/mol. The molecule has 1 amide bonds. The Bertz CT molecular complexity index is 408. The highest BCUT2D eigenvalue weighted by atomic mass is 16.1. The third kappa shape index (κ3) is 4.39. The van der Waals surface area contributed by atoms with E-state index in [1.54, 1.807) is 0 Å². The summed E-state index contributed by atoms with van der Waals surface area (Å²) in [6, 6.07) is 8.34. The molecule has 0 aromatic heterocycles. The van der Waals surface area contributed by atoms with Crippen LogP contribution in [-0.2, 0) is 4.79 Å². The number of carbonyl (C=O) groups is 1. The van der Waals surface area contributed by atoms with Crippen molar-refractivity contribution in [3.8, 4) is 0 Å². The molecule has 4 heteroatoms. The van der Waals surface area contributed by atoms with E-state index in [4.69, 9.17) is 0 Å². The Labute approximate surface area is 115 Å². The van der Waals surface area contributed by atoms with Gasteiger partial charge < -0.3 is 4.90 Å². The molecule has 1 rings (SSSR count). The predicted octanol–water partition coefficient (Wildman–Crippen LogP) is 2.78. The van der Waals surface area contributed by atoms with Gasteiger partial charge >= 0.3 is 0 Å². The van der Waals surface area contributed by atoms with Crippen LogP contribution in [0, 0.1) is 0 Å². The van der Waals surface area contributed by atoms with E-state index in [0.29, 0.717) is 6.41 Å². The van der Waals surface area contributed by atoms with Gasteiger partial charge in [-0.15, -0.1) is 0 Å². The fourth-order valence-corrected chi connectivity index (χ4v) is 2.06. The van der Waals surface area contributed by atoms with E-state index in [2.05, 4.69) is 60.5 Å². The van der Waals surface area contributed by atoms with Gasteiger partial charge in [0.2, 0.25) is 6.41 Å². The van der Waals surface area contributed by atoms with Crippen molar-refractivity contribution in [1.82, 2.24) is 5.43 Å². The van der Waals surface area contributed by atoms with Crippen LogP contribution in [0.2, 0.25) is 0 Å². The fraction of sp³-hybridized carbons (Fsp3) is 0.467. The summed E-state index contributed by atoms with van der Waals surface area (Å²) in [7, 11) is 0. The first-order chi connectivity index (χ1) is 9.26. The van der Waals surface area contributed by atoms with E-state index in [9.17, 15) is 4.79 Å². The Morgan fingerprint density at radius 3 is 2.32 bits per heavy atom. The molecule has 104 valence electrons. The first-order valence-electron chi connectivity index (χ1n) is 6.87. The van der Waals surface area contributed by atoms with Crippen molar-refractivity contribution in [2.45, 2.75) is 33.6 Å². The lowest BCUT2D eigenvalue weighted by Crippen LogP contribution is -2.21. The number of nitrogens with zero attached hydrogens (tertiary/aromatic N) is 2. The molecular weight excluding hydrogens is 238 g/mol. The lowest BCUT2D eigenvalue weighted by Gasteiger charge is -2.21. The van der Waals surface area contributed by atoms with Gasteiger partial charge in [0.15, 0.2) is 0 Å². The van der Waals surface area contributed by atoms with Gasteiger partial charge in [0.1, 0.15) is 0 Å².